The first-order valence-electron chi connectivity index (χ1n) is 9.33. The summed E-state index contributed by atoms with van der Waals surface area (Å²) >= 11 is 11.6. The summed E-state index contributed by atoms with van der Waals surface area (Å²) in [6.45, 7) is 6.47. The van der Waals surface area contributed by atoms with Crippen molar-refractivity contribution >= 4 is 34.6 Å². The number of anilines is 1. The molecule has 0 saturated carbocycles. The number of halogens is 1. The Bertz CT molecular complexity index is 747. The van der Waals surface area contributed by atoms with E-state index in [9.17, 15) is 0 Å². The van der Waals surface area contributed by atoms with Gasteiger partial charge in [-0.25, -0.2) is 0 Å². The lowest BCUT2D eigenvalue weighted by atomic mass is 9.98. The van der Waals surface area contributed by atoms with Crippen molar-refractivity contribution in [2.24, 2.45) is 0 Å². The smallest absolute Gasteiger partial charge is 0.171 e. The van der Waals surface area contributed by atoms with Crippen LogP contribution in [0.15, 0.2) is 54.6 Å². The molecule has 1 aliphatic heterocycles. The second-order valence-corrected chi connectivity index (χ2v) is 7.94. The highest BCUT2D eigenvalue weighted by Gasteiger charge is 2.28. The van der Waals surface area contributed by atoms with Gasteiger partial charge in [0.15, 0.2) is 5.11 Å². The zero-order valence-electron chi connectivity index (χ0n) is 15.9. The number of thiocarbonyl (C=S) groups is 1. The van der Waals surface area contributed by atoms with Crippen LogP contribution in [-0.2, 0) is 0 Å². The van der Waals surface area contributed by atoms with Crippen molar-refractivity contribution in [2.75, 3.05) is 38.5 Å². The van der Waals surface area contributed by atoms with Crippen LogP contribution in [0.4, 0.5) is 5.69 Å². The van der Waals surface area contributed by atoms with Crippen LogP contribution in [0.5, 0.6) is 0 Å². The Balaban J connectivity index is 1.70. The van der Waals surface area contributed by atoms with E-state index >= 15 is 0 Å². The van der Waals surface area contributed by atoms with Crippen LogP contribution in [-0.4, -0.2) is 54.2 Å². The van der Waals surface area contributed by atoms with E-state index in [1.807, 2.05) is 24.3 Å². The molecule has 0 bridgehead atoms. The Labute approximate surface area is 172 Å². The quantitative estimate of drug-likeness (QED) is 0.738. The average Bonchev–Trinajstić information content (AvgIpc) is 2.64. The molecule has 0 aromatic heterocycles. The van der Waals surface area contributed by atoms with E-state index in [-0.39, 0.29) is 12.1 Å². The number of nitrogens with zero attached hydrogens (tertiary/aromatic N) is 2. The Hall–Kier alpha value is -1.66. The molecule has 1 aliphatic rings. The van der Waals surface area contributed by atoms with Crippen LogP contribution >= 0.6 is 23.8 Å². The van der Waals surface area contributed by atoms with Gasteiger partial charge in [0.1, 0.15) is 0 Å². The number of likely N-dealkylation sites (N-methyl/N-ethyl adjacent to an activating group) is 1. The molecule has 1 heterocycles. The van der Waals surface area contributed by atoms with Gasteiger partial charge in [-0.1, -0.05) is 48.0 Å². The van der Waals surface area contributed by atoms with Crippen molar-refractivity contribution in [3.63, 3.8) is 0 Å². The van der Waals surface area contributed by atoms with Crippen molar-refractivity contribution in [3.05, 3.63) is 65.2 Å². The third-order valence-corrected chi connectivity index (χ3v) is 5.44. The number of hydrogen-bond acceptors (Lipinski definition) is 3. The molecule has 2 atom stereocenters. The Morgan fingerprint density at radius 1 is 1.04 bits per heavy atom. The maximum absolute atomic E-state index is 6.06. The number of piperazine rings is 1. The van der Waals surface area contributed by atoms with Crippen LogP contribution in [0.3, 0.4) is 0 Å². The van der Waals surface area contributed by atoms with E-state index in [0.717, 1.165) is 31.9 Å². The second-order valence-electron chi connectivity index (χ2n) is 7.09. The van der Waals surface area contributed by atoms with E-state index < -0.39 is 0 Å². The number of benzene rings is 2. The molecule has 2 aromatic rings. The summed E-state index contributed by atoms with van der Waals surface area (Å²) in [5, 5.41) is 8.02. The molecular formula is C21H27ClN4S. The Kier molecular flexibility index (Phi) is 7.07. The van der Waals surface area contributed by atoms with Gasteiger partial charge in [-0.05, 0) is 50.0 Å². The maximum atomic E-state index is 6.06. The summed E-state index contributed by atoms with van der Waals surface area (Å²) < 4.78 is 0. The van der Waals surface area contributed by atoms with Crippen molar-refractivity contribution in [3.8, 4) is 0 Å². The molecule has 0 radical (unpaired) electrons. The normalized spacial score (nSPS) is 17.9. The first kappa shape index (κ1) is 20.1. The van der Waals surface area contributed by atoms with Crippen LogP contribution in [0, 0.1) is 0 Å². The SMILES string of the molecule is CC(NC(=S)Nc1cccc(Cl)c1)C(c1ccccc1)N1CCN(C)CC1. The third-order valence-electron chi connectivity index (χ3n) is 4.99. The molecule has 144 valence electrons. The molecule has 0 spiro atoms. The van der Waals surface area contributed by atoms with Crippen LogP contribution < -0.4 is 10.6 Å². The van der Waals surface area contributed by atoms with Crippen LogP contribution in [0.2, 0.25) is 5.02 Å². The highest BCUT2D eigenvalue weighted by molar-refractivity contribution is 7.80. The highest BCUT2D eigenvalue weighted by atomic mass is 35.5. The molecule has 1 fully saturated rings. The summed E-state index contributed by atoms with van der Waals surface area (Å²) in [5.41, 5.74) is 2.20. The minimum Gasteiger partial charge on any atom is -0.358 e. The highest BCUT2D eigenvalue weighted by Crippen LogP contribution is 2.26. The van der Waals surface area contributed by atoms with Crippen LogP contribution in [0.25, 0.3) is 0 Å². The van der Waals surface area contributed by atoms with E-state index in [4.69, 9.17) is 23.8 Å². The van der Waals surface area contributed by atoms with Crippen molar-refractivity contribution in [1.82, 2.24) is 15.1 Å². The van der Waals surface area contributed by atoms with Crippen molar-refractivity contribution < 1.29 is 0 Å². The maximum Gasteiger partial charge on any atom is 0.171 e. The summed E-state index contributed by atoms with van der Waals surface area (Å²) in [5.74, 6) is 0. The third kappa shape index (κ3) is 5.66. The van der Waals surface area contributed by atoms with Gasteiger partial charge in [-0.3, -0.25) is 4.90 Å². The zero-order chi connectivity index (χ0) is 19.2. The van der Waals surface area contributed by atoms with E-state index in [2.05, 4.69) is 64.7 Å². The first-order chi connectivity index (χ1) is 13.0. The fourth-order valence-electron chi connectivity index (χ4n) is 3.59. The lowest BCUT2D eigenvalue weighted by Gasteiger charge is -2.41. The zero-order valence-corrected chi connectivity index (χ0v) is 17.4. The topological polar surface area (TPSA) is 30.5 Å². The molecule has 2 unspecified atom stereocenters. The van der Waals surface area contributed by atoms with Gasteiger partial charge in [0.2, 0.25) is 0 Å². The van der Waals surface area contributed by atoms with Gasteiger partial charge in [0.25, 0.3) is 0 Å². The number of nitrogens with one attached hydrogen (secondary N) is 2. The number of hydrogen-bond donors (Lipinski definition) is 2. The summed E-state index contributed by atoms with van der Waals surface area (Å²) in [6.07, 6.45) is 0. The molecule has 3 rings (SSSR count). The molecule has 27 heavy (non-hydrogen) atoms. The van der Waals surface area contributed by atoms with Gasteiger partial charge in [0, 0.05) is 42.9 Å². The molecule has 0 aliphatic carbocycles. The fourth-order valence-corrected chi connectivity index (χ4v) is 4.08. The van der Waals surface area contributed by atoms with Gasteiger partial charge >= 0.3 is 0 Å². The fraction of sp³-hybridized carbons (Fsp3) is 0.381. The number of rotatable bonds is 5. The monoisotopic (exact) mass is 402 g/mol. The Morgan fingerprint density at radius 2 is 1.74 bits per heavy atom. The van der Waals surface area contributed by atoms with Crippen LogP contribution in [0.1, 0.15) is 18.5 Å². The van der Waals surface area contributed by atoms with Gasteiger partial charge < -0.3 is 15.5 Å². The molecule has 4 nitrogen and oxygen atoms in total. The van der Waals surface area contributed by atoms with E-state index in [1.165, 1.54) is 5.56 Å². The molecule has 6 heteroatoms. The minimum atomic E-state index is 0.162. The van der Waals surface area contributed by atoms with Gasteiger partial charge in [-0.2, -0.15) is 0 Å². The lowest BCUT2D eigenvalue weighted by Crippen LogP contribution is -2.52. The minimum absolute atomic E-state index is 0.162. The molecular weight excluding hydrogens is 376 g/mol. The summed E-state index contributed by atoms with van der Waals surface area (Å²) in [7, 11) is 2.18. The predicted octanol–water partition coefficient (Wildman–Crippen LogP) is 4.00. The van der Waals surface area contributed by atoms with Gasteiger partial charge in [-0.15, -0.1) is 0 Å². The molecule has 0 amide bonds. The van der Waals surface area contributed by atoms with E-state index in [0.29, 0.717) is 10.1 Å². The largest absolute Gasteiger partial charge is 0.358 e. The van der Waals surface area contributed by atoms with Gasteiger partial charge in [0.05, 0.1) is 6.04 Å². The standard InChI is InChI=1S/C21H27ClN4S/c1-16(23-21(27)24-19-10-6-9-18(22)15-19)20(17-7-4-3-5-8-17)26-13-11-25(2)12-14-26/h3-10,15-16,20H,11-14H2,1-2H3,(H2,23,24,27). The summed E-state index contributed by atoms with van der Waals surface area (Å²) in [4.78, 5) is 4.93. The predicted molar refractivity (Wildman–Crippen MR) is 119 cm³/mol. The first-order valence-corrected chi connectivity index (χ1v) is 10.1. The van der Waals surface area contributed by atoms with Crippen molar-refractivity contribution in [2.45, 2.75) is 19.0 Å². The lowest BCUT2D eigenvalue weighted by molar-refractivity contribution is 0.0973. The molecule has 2 aromatic carbocycles. The Morgan fingerprint density at radius 3 is 2.41 bits per heavy atom. The molecule has 1 saturated heterocycles. The molecule has 2 N–H and O–H groups in total. The second kappa shape index (κ2) is 9.51. The average molecular weight is 403 g/mol. The summed E-state index contributed by atoms with van der Waals surface area (Å²) in [6, 6.07) is 18.7. The van der Waals surface area contributed by atoms with Crippen molar-refractivity contribution in [1.29, 1.82) is 0 Å². The van der Waals surface area contributed by atoms with E-state index in [1.54, 1.807) is 0 Å².